The van der Waals surface area contributed by atoms with Gasteiger partial charge in [0.2, 0.25) is 0 Å². The molecule has 1 aromatic heterocycles. The number of aromatic nitrogens is 3. The molecule has 1 aromatic carbocycles. The van der Waals surface area contributed by atoms with Gasteiger partial charge in [0, 0.05) is 18.4 Å². The van der Waals surface area contributed by atoms with Gasteiger partial charge in [0.15, 0.2) is 0 Å². The SMILES string of the molecule is CCCn1ncnc1CC(CO)(CO)c1ccc(C)cc1. The number of aliphatic hydroxyl groups is 2. The maximum Gasteiger partial charge on any atom is 0.138 e. The fraction of sp³-hybridized carbons (Fsp3) is 0.500. The molecule has 2 N–H and O–H groups in total. The van der Waals surface area contributed by atoms with Crippen LogP contribution in [-0.4, -0.2) is 38.2 Å². The fourth-order valence-corrected chi connectivity index (χ4v) is 2.48. The number of rotatable bonds is 7. The molecular formula is C16H23N3O2. The monoisotopic (exact) mass is 289 g/mol. The summed E-state index contributed by atoms with van der Waals surface area (Å²) in [6.45, 7) is 4.62. The zero-order valence-electron chi connectivity index (χ0n) is 12.7. The molecule has 0 spiro atoms. The summed E-state index contributed by atoms with van der Waals surface area (Å²) in [7, 11) is 0. The molecule has 0 bridgehead atoms. The van der Waals surface area contributed by atoms with E-state index in [1.807, 2.05) is 35.9 Å². The van der Waals surface area contributed by atoms with Crippen molar-refractivity contribution in [1.82, 2.24) is 14.8 Å². The van der Waals surface area contributed by atoms with E-state index in [0.717, 1.165) is 29.9 Å². The molecular weight excluding hydrogens is 266 g/mol. The average Bonchev–Trinajstić information content (AvgIpc) is 2.93. The van der Waals surface area contributed by atoms with E-state index in [1.54, 1.807) is 0 Å². The summed E-state index contributed by atoms with van der Waals surface area (Å²) < 4.78 is 1.84. The Hall–Kier alpha value is -1.72. The summed E-state index contributed by atoms with van der Waals surface area (Å²) in [5, 5.41) is 24.0. The third-order valence-corrected chi connectivity index (χ3v) is 3.90. The Bertz CT molecular complexity index is 559. The molecule has 1 heterocycles. The number of hydrogen-bond acceptors (Lipinski definition) is 4. The fourth-order valence-electron chi connectivity index (χ4n) is 2.48. The molecule has 0 atom stereocenters. The van der Waals surface area contributed by atoms with Gasteiger partial charge in [-0.05, 0) is 18.9 Å². The zero-order valence-corrected chi connectivity index (χ0v) is 12.7. The second kappa shape index (κ2) is 6.83. The maximum atomic E-state index is 9.90. The summed E-state index contributed by atoms with van der Waals surface area (Å²) in [4.78, 5) is 4.29. The minimum absolute atomic E-state index is 0.133. The van der Waals surface area contributed by atoms with Crippen LogP contribution in [0.4, 0.5) is 0 Å². The predicted octanol–water partition coefficient (Wildman–Crippen LogP) is 1.46. The van der Waals surface area contributed by atoms with Crippen LogP contribution < -0.4 is 0 Å². The van der Waals surface area contributed by atoms with Gasteiger partial charge in [-0.2, -0.15) is 5.10 Å². The minimum atomic E-state index is -0.730. The number of aryl methyl sites for hydroxylation is 2. The molecule has 0 fully saturated rings. The van der Waals surface area contributed by atoms with Gasteiger partial charge in [0.25, 0.3) is 0 Å². The number of benzene rings is 1. The Morgan fingerprint density at radius 1 is 1.14 bits per heavy atom. The summed E-state index contributed by atoms with van der Waals surface area (Å²) >= 11 is 0. The van der Waals surface area contributed by atoms with Crippen molar-refractivity contribution in [3.63, 3.8) is 0 Å². The molecule has 2 rings (SSSR count). The summed E-state index contributed by atoms with van der Waals surface area (Å²) in [5.74, 6) is 0.792. The Morgan fingerprint density at radius 2 is 1.81 bits per heavy atom. The quantitative estimate of drug-likeness (QED) is 0.809. The van der Waals surface area contributed by atoms with Gasteiger partial charge in [-0.15, -0.1) is 0 Å². The molecule has 0 aliphatic heterocycles. The van der Waals surface area contributed by atoms with Crippen LogP contribution in [0.5, 0.6) is 0 Å². The molecule has 0 radical (unpaired) electrons. The lowest BCUT2D eigenvalue weighted by Crippen LogP contribution is -2.38. The van der Waals surface area contributed by atoms with E-state index in [9.17, 15) is 10.2 Å². The lowest BCUT2D eigenvalue weighted by Gasteiger charge is -2.30. The van der Waals surface area contributed by atoms with Gasteiger partial charge in [0.05, 0.1) is 13.2 Å². The standard InChI is InChI=1S/C16H23N3O2/c1-3-8-19-15(17-12-18-19)9-16(10-20,11-21)14-6-4-13(2)5-7-14/h4-7,12,20-21H,3,8-11H2,1-2H3. The summed E-state index contributed by atoms with van der Waals surface area (Å²) in [6.07, 6.45) is 2.95. The van der Waals surface area contributed by atoms with Crippen LogP contribution in [0.25, 0.3) is 0 Å². The van der Waals surface area contributed by atoms with Crippen molar-refractivity contribution >= 4 is 0 Å². The lowest BCUT2D eigenvalue weighted by atomic mass is 9.78. The van der Waals surface area contributed by atoms with Crippen molar-refractivity contribution in [2.24, 2.45) is 0 Å². The smallest absolute Gasteiger partial charge is 0.138 e. The molecule has 114 valence electrons. The lowest BCUT2D eigenvalue weighted by molar-refractivity contribution is 0.113. The van der Waals surface area contributed by atoms with Gasteiger partial charge in [-0.25, -0.2) is 4.98 Å². The van der Waals surface area contributed by atoms with Crippen LogP contribution in [0.1, 0.15) is 30.3 Å². The Kier molecular flexibility index (Phi) is 5.09. The molecule has 0 aliphatic rings. The normalized spacial score (nSPS) is 11.8. The van der Waals surface area contributed by atoms with Crippen molar-refractivity contribution < 1.29 is 10.2 Å². The summed E-state index contributed by atoms with van der Waals surface area (Å²) in [5.41, 5.74) is 1.34. The van der Waals surface area contributed by atoms with E-state index < -0.39 is 5.41 Å². The first-order valence-electron chi connectivity index (χ1n) is 7.30. The molecule has 0 saturated heterocycles. The molecule has 21 heavy (non-hydrogen) atoms. The van der Waals surface area contributed by atoms with Crippen LogP contribution >= 0.6 is 0 Å². The van der Waals surface area contributed by atoms with Gasteiger partial charge >= 0.3 is 0 Å². The highest BCUT2D eigenvalue weighted by atomic mass is 16.3. The van der Waals surface area contributed by atoms with E-state index >= 15 is 0 Å². The number of aliphatic hydroxyl groups excluding tert-OH is 2. The topological polar surface area (TPSA) is 71.2 Å². The van der Waals surface area contributed by atoms with Crippen molar-refractivity contribution in [3.05, 3.63) is 47.5 Å². The van der Waals surface area contributed by atoms with Gasteiger partial charge in [-0.1, -0.05) is 36.8 Å². The van der Waals surface area contributed by atoms with Crippen LogP contribution in [0, 0.1) is 6.92 Å². The Balaban J connectivity index is 2.33. The predicted molar refractivity (Wildman–Crippen MR) is 81.0 cm³/mol. The Morgan fingerprint density at radius 3 is 2.38 bits per heavy atom. The van der Waals surface area contributed by atoms with Crippen LogP contribution in [0.3, 0.4) is 0 Å². The van der Waals surface area contributed by atoms with E-state index in [4.69, 9.17) is 0 Å². The van der Waals surface area contributed by atoms with E-state index in [-0.39, 0.29) is 13.2 Å². The number of hydrogen-bond donors (Lipinski definition) is 2. The van der Waals surface area contributed by atoms with Crippen LogP contribution in [0.2, 0.25) is 0 Å². The first-order valence-corrected chi connectivity index (χ1v) is 7.30. The van der Waals surface area contributed by atoms with Crippen molar-refractivity contribution in [2.75, 3.05) is 13.2 Å². The van der Waals surface area contributed by atoms with Gasteiger partial charge in [-0.3, -0.25) is 4.68 Å². The molecule has 5 heteroatoms. The Labute approximate surface area is 125 Å². The first kappa shape index (κ1) is 15.7. The van der Waals surface area contributed by atoms with Crippen molar-refractivity contribution in [1.29, 1.82) is 0 Å². The zero-order chi connectivity index (χ0) is 15.3. The van der Waals surface area contributed by atoms with Gasteiger partial charge in [0.1, 0.15) is 12.2 Å². The molecule has 0 saturated carbocycles. The van der Waals surface area contributed by atoms with Crippen molar-refractivity contribution in [2.45, 2.75) is 38.6 Å². The molecule has 0 amide bonds. The van der Waals surface area contributed by atoms with Crippen molar-refractivity contribution in [3.8, 4) is 0 Å². The van der Waals surface area contributed by atoms with E-state index in [0.29, 0.717) is 6.42 Å². The summed E-state index contributed by atoms with van der Waals surface area (Å²) in [6, 6.07) is 7.91. The molecule has 0 unspecified atom stereocenters. The van der Waals surface area contributed by atoms with E-state index in [1.165, 1.54) is 6.33 Å². The molecule has 2 aromatic rings. The van der Waals surface area contributed by atoms with Crippen LogP contribution in [-0.2, 0) is 18.4 Å². The van der Waals surface area contributed by atoms with E-state index in [2.05, 4.69) is 17.0 Å². The first-order chi connectivity index (χ1) is 10.1. The minimum Gasteiger partial charge on any atom is -0.395 e. The highest BCUT2D eigenvalue weighted by molar-refractivity contribution is 5.30. The second-order valence-corrected chi connectivity index (χ2v) is 5.54. The largest absolute Gasteiger partial charge is 0.395 e. The highest BCUT2D eigenvalue weighted by Gasteiger charge is 2.33. The third kappa shape index (κ3) is 3.31. The second-order valence-electron chi connectivity index (χ2n) is 5.54. The molecule has 0 aliphatic carbocycles. The van der Waals surface area contributed by atoms with Gasteiger partial charge < -0.3 is 10.2 Å². The third-order valence-electron chi connectivity index (χ3n) is 3.90. The number of nitrogens with zero attached hydrogens (tertiary/aromatic N) is 3. The average molecular weight is 289 g/mol. The maximum absolute atomic E-state index is 9.90. The van der Waals surface area contributed by atoms with Crippen LogP contribution in [0.15, 0.2) is 30.6 Å². The highest BCUT2D eigenvalue weighted by Crippen LogP contribution is 2.27. The molecule has 5 nitrogen and oxygen atoms in total.